The molecule has 2 heterocycles. The second kappa shape index (κ2) is 9.36. The minimum Gasteiger partial charge on any atom is -0.494 e. The first-order valence-electron chi connectivity index (χ1n) is 11.2. The van der Waals surface area contributed by atoms with Crippen molar-refractivity contribution >= 4 is 33.2 Å². The number of morpholine rings is 1. The van der Waals surface area contributed by atoms with Gasteiger partial charge in [-0.15, -0.1) is 0 Å². The third kappa shape index (κ3) is 4.53. The molecule has 0 spiro atoms. The van der Waals surface area contributed by atoms with Crippen LogP contribution in [0.3, 0.4) is 0 Å². The van der Waals surface area contributed by atoms with Crippen LogP contribution in [0.4, 0.5) is 11.4 Å². The molecule has 2 aromatic rings. The van der Waals surface area contributed by atoms with Gasteiger partial charge < -0.3 is 19.7 Å². The van der Waals surface area contributed by atoms with Crippen molar-refractivity contribution in [1.82, 2.24) is 4.31 Å². The number of fused-ring (bicyclic) bond motifs is 1. The van der Waals surface area contributed by atoms with Crippen molar-refractivity contribution < 1.29 is 27.5 Å². The van der Waals surface area contributed by atoms with Crippen molar-refractivity contribution in [2.45, 2.75) is 31.1 Å². The third-order valence-electron chi connectivity index (χ3n) is 6.07. The van der Waals surface area contributed by atoms with E-state index in [0.717, 1.165) is 0 Å². The molecule has 1 saturated heterocycles. The normalized spacial score (nSPS) is 18.0. The number of nitrogens with one attached hydrogen (secondary N) is 1. The topological polar surface area (TPSA) is 105 Å². The molecule has 1 N–H and O–H groups in total. The molecular weight excluding hydrogens is 458 g/mol. The van der Waals surface area contributed by atoms with E-state index in [-0.39, 0.29) is 23.3 Å². The van der Waals surface area contributed by atoms with Gasteiger partial charge in [0, 0.05) is 24.5 Å². The van der Waals surface area contributed by atoms with Crippen LogP contribution < -0.4 is 15.0 Å². The van der Waals surface area contributed by atoms with E-state index in [1.54, 1.807) is 50.2 Å². The van der Waals surface area contributed by atoms with Gasteiger partial charge >= 0.3 is 0 Å². The van der Waals surface area contributed by atoms with E-state index >= 15 is 0 Å². The van der Waals surface area contributed by atoms with Gasteiger partial charge in [-0.25, -0.2) is 8.42 Å². The van der Waals surface area contributed by atoms with E-state index in [4.69, 9.17) is 9.47 Å². The number of anilines is 2. The van der Waals surface area contributed by atoms with Crippen molar-refractivity contribution in [3.8, 4) is 5.75 Å². The van der Waals surface area contributed by atoms with Gasteiger partial charge in [0.05, 0.1) is 30.1 Å². The van der Waals surface area contributed by atoms with Crippen LogP contribution in [0.5, 0.6) is 5.75 Å². The highest BCUT2D eigenvalue weighted by atomic mass is 32.2. The number of sulfonamides is 1. The molecule has 2 aromatic carbocycles. The Morgan fingerprint density at radius 3 is 2.44 bits per heavy atom. The molecule has 9 nitrogen and oxygen atoms in total. The van der Waals surface area contributed by atoms with Crippen LogP contribution >= 0.6 is 0 Å². The number of benzene rings is 2. The summed E-state index contributed by atoms with van der Waals surface area (Å²) in [6, 6.07) is 11.6. The zero-order chi connectivity index (χ0) is 24.5. The van der Waals surface area contributed by atoms with Crippen LogP contribution in [0.25, 0.3) is 0 Å². The Kier molecular flexibility index (Phi) is 6.66. The molecule has 2 aliphatic heterocycles. The summed E-state index contributed by atoms with van der Waals surface area (Å²) in [6.07, 6.45) is 0. The average Bonchev–Trinajstić information content (AvgIpc) is 3.01. The quantitative estimate of drug-likeness (QED) is 0.643. The van der Waals surface area contributed by atoms with E-state index in [0.29, 0.717) is 55.6 Å². The van der Waals surface area contributed by atoms with E-state index < -0.39 is 15.4 Å². The van der Waals surface area contributed by atoms with Crippen LogP contribution in [-0.4, -0.2) is 64.0 Å². The molecule has 0 aromatic heterocycles. The maximum atomic E-state index is 13.2. The van der Waals surface area contributed by atoms with Crippen LogP contribution in [0.2, 0.25) is 0 Å². The maximum absolute atomic E-state index is 13.2. The number of carbonyl (C=O) groups excluding carboxylic acids is 2. The molecule has 1 fully saturated rings. The molecule has 10 heteroatoms. The second-order valence-corrected chi connectivity index (χ2v) is 10.7. The fraction of sp³-hybridized carbons (Fsp3) is 0.417. The molecule has 0 aliphatic carbocycles. The zero-order valence-electron chi connectivity index (χ0n) is 19.5. The highest BCUT2D eigenvalue weighted by molar-refractivity contribution is 7.89. The lowest BCUT2D eigenvalue weighted by molar-refractivity contribution is -0.124. The Balaban J connectivity index is 1.54. The number of nitrogens with zero attached hydrogens (tertiary/aromatic N) is 2. The van der Waals surface area contributed by atoms with E-state index in [9.17, 15) is 18.0 Å². The molecule has 0 radical (unpaired) electrons. The fourth-order valence-corrected chi connectivity index (χ4v) is 5.65. The van der Waals surface area contributed by atoms with Gasteiger partial charge in [-0.2, -0.15) is 4.31 Å². The van der Waals surface area contributed by atoms with Crippen molar-refractivity contribution in [1.29, 1.82) is 0 Å². The van der Waals surface area contributed by atoms with Gasteiger partial charge in [0.2, 0.25) is 21.8 Å². The van der Waals surface area contributed by atoms with Crippen LogP contribution in [0.1, 0.15) is 26.3 Å². The first-order chi connectivity index (χ1) is 16.1. The number of carbonyl (C=O) groups is 2. The summed E-state index contributed by atoms with van der Waals surface area (Å²) in [4.78, 5) is 27.5. The molecule has 2 aliphatic rings. The molecule has 0 saturated carbocycles. The first-order valence-corrected chi connectivity index (χ1v) is 12.7. The van der Waals surface area contributed by atoms with Crippen molar-refractivity contribution in [3.63, 3.8) is 0 Å². The molecule has 182 valence electrons. The Bertz CT molecular complexity index is 1190. The van der Waals surface area contributed by atoms with E-state index in [2.05, 4.69) is 5.32 Å². The van der Waals surface area contributed by atoms with Gasteiger partial charge in [-0.1, -0.05) is 0 Å². The smallest absolute Gasteiger partial charge is 0.244 e. The summed E-state index contributed by atoms with van der Waals surface area (Å²) in [5.74, 6) is 0.0881. The maximum Gasteiger partial charge on any atom is 0.244 e. The minimum absolute atomic E-state index is 0.134. The summed E-state index contributed by atoms with van der Waals surface area (Å²) in [5, 5.41) is 2.79. The van der Waals surface area contributed by atoms with E-state index in [1.165, 1.54) is 15.3 Å². The average molecular weight is 488 g/mol. The summed E-state index contributed by atoms with van der Waals surface area (Å²) in [6.45, 7) is 7.03. The van der Waals surface area contributed by atoms with Crippen LogP contribution in [0, 0.1) is 0 Å². The van der Waals surface area contributed by atoms with Crippen molar-refractivity contribution in [2.24, 2.45) is 0 Å². The first kappa shape index (κ1) is 24.2. The Hall–Kier alpha value is -2.95. The number of hydrogen-bond acceptors (Lipinski definition) is 6. The largest absolute Gasteiger partial charge is 0.494 e. The van der Waals surface area contributed by atoms with Crippen LogP contribution in [-0.2, 0) is 29.8 Å². The monoisotopic (exact) mass is 487 g/mol. The Labute approximate surface area is 199 Å². The van der Waals surface area contributed by atoms with Crippen molar-refractivity contribution in [2.75, 3.05) is 49.7 Å². The predicted octanol–water partition coefficient (Wildman–Crippen LogP) is 2.37. The van der Waals surface area contributed by atoms with Gasteiger partial charge in [0.1, 0.15) is 12.3 Å². The summed E-state index contributed by atoms with van der Waals surface area (Å²) < 4.78 is 38.3. The number of ether oxygens (including phenoxy) is 2. The zero-order valence-corrected chi connectivity index (χ0v) is 20.4. The third-order valence-corrected chi connectivity index (χ3v) is 7.97. The second-order valence-electron chi connectivity index (χ2n) is 8.72. The van der Waals surface area contributed by atoms with Crippen molar-refractivity contribution in [3.05, 3.63) is 48.0 Å². The lowest BCUT2D eigenvalue weighted by Crippen LogP contribution is -2.41. The minimum atomic E-state index is -3.71. The molecule has 34 heavy (non-hydrogen) atoms. The standard InChI is InChI=1S/C24H29N3O6S/c1-4-33-18-7-5-17(6-8-18)25-22(28)16-27-21-10-9-19(15-20(21)24(2,3)23(27)29)34(30,31)26-11-13-32-14-12-26/h5-10,15H,4,11-14,16H2,1-3H3,(H,25,28). The van der Waals surface area contributed by atoms with E-state index in [1.807, 2.05) is 6.92 Å². The molecule has 4 rings (SSSR count). The number of rotatable bonds is 7. The lowest BCUT2D eigenvalue weighted by Gasteiger charge is -2.26. The molecule has 0 bridgehead atoms. The predicted molar refractivity (Wildman–Crippen MR) is 128 cm³/mol. The highest BCUT2D eigenvalue weighted by Gasteiger charge is 2.45. The molecule has 0 atom stereocenters. The lowest BCUT2D eigenvalue weighted by atomic mass is 9.86. The molecule has 2 amide bonds. The Morgan fingerprint density at radius 1 is 1.12 bits per heavy atom. The summed E-state index contributed by atoms with van der Waals surface area (Å²) in [7, 11) is -3.71. The fourth-order valence-electron chi connectivity index (χ4n) is 4.21. The Morgan fingerprint density at radius 2 is 1.79 bits per heavy atom. The number of hydrogen-bond donors (Lipinski definition) is 1. The number of amides is 2. The highest BCUT2D eigenvalue weighted by Crippen LogP contribution is 2.42. The van der Waals surface area contributed by atoms with Gasteiger partial charge in [-0.05, 0) is 68.8 Å². The SMILES string of the molecule is CCOc1ccc(NC(=O)CN2C(=O)C(C)(C)c3cc(S(=O)(=O)N4CCOCC4)ccc32)cc1. The van der Waals surface area contributed by atoms with Gasteiger partial charge in [0.25, 0.3) is 0 Å². The van der Waals surface area contributed by atoms with Gasteiger partial charge in [-0.3, -0.25) is 9.59 Å². The summed E-state index contributed by atoms with van der Waals surface area (Å²) in [5.41, 5.74) is 0.746. The summed E-state index contributed by atoms with van der Waals surface area (Å²) >= 11 is 0. The molecular formula is C24H29N3O6S. The molecule has 0 unspecified atom stereocenters. The van der Waals surface area contributed by atoms with Crippen LogP contribution in [0.15, 0.2) is 47.4 Å². The van der Waals surface area contributed by atoms with Gasteiger partial charge in [0.15, 0.2) is 0 Å².